The molecule has 1 aromatic rings. The van der Waals surface area contributed by atoms with Crippen molar-refractivity contribution in [2.75, 3.05) is 13.2 Å². The van der Waals surface area contributed by atoms with Crippen LogP contribution in [0.3, 0.4) is 0 Å². The van der Waals surface area contributed by atoms with Gasteiger partial charge in [-0.2, -0.15) is 0 Å². The molecule has 0 atom stereocenters. The molecular formula is C16H25F3O3Si. The summed E-state index contributed by atoms with van der Waals surface area (Å²) in [4.78, 5) is 0. The zero-order valence-corrected chi connectivity index (χ0v) is 15.2. The standard InChI is InChI=1S/C16H25F3O3Si/c1-3-20-16(21-4-2)22-23-9-7-5-6-8-13-14(18)10-12(17)11-15(13)19/h10-11,16H,3-9,23H2,1-2H3. The fourth-order valence-electron chi connectivity index (χ4n) is 2.16. The van der Waals surface area contributed by atoms with Crippen molar-refractivity contribution in [3.63, 3.8) is 0 Å². The highest BCUT2D eigenvalue weighted by atomic mass is 28.2. The van der Waals surface area contributed by atoms with Gasteiger partial charge in [0.2, 0.25) is 0 Å². The average molecular weight is 350 g/mol. The lowest BCUT2D eigenvalue weighted by Gasteiger charge is -2.17. The van der Waals surface area contributed by atoms with Gasteiger partial charge in [0, 0.05) is 30.9 Å². The van der Waals surface area contributed by atoms with Gasteiger partial charge in [0.05, 0.1) is 0 Å². The van der Waals surface area contributed by atoms with Crippen molar-refractivity contribution in [1.29, 1.82) is 0 Å². The van der Waals surface area contributed by atoms with Crippen LogP contribution >= 0.6 is 0 Å². The lowest BCUT2D eigenvalue weighted by molar-refractivity contribution is -0.243. The summed E-state index contributed by atoms with van der Waals surface area (Å²) in [6.45, 7) is 4.26. The van der Waals surface area contributed by atoms with E-state index >= 15 is 0 Å². The summed E-state index contributed by atoms with van der Waals surface area (Å²) in [5.41, 5.74) is -0.0346. The van der Waals surface area contributed by atoms with Crippen LogP contribution in [0.15, 0.2) is 12.1 Å². The molecule has 0 amide bonds. The van der Waals surface area contributed by atoms with Gasteiger partial charge in [-0.25, -0.2) is 13.2 Å². The summed E-state index contributed by atoms with van der Waals surface area (Å²) in [5.74, 6) is -2.50. The van der Waals surface area contributed by atoms with E-state index in [1.54, 1.807) is 0 Å². The SMILES string of the molecule is CCOC(OCC)O[SiH2]CCCCCc1c(F)cc(F)cc1F. The van der Waals surface area contributed by atoms with Crippen molar-refractivity contribution in [3.8, 4) is 0 Å². The molecule has 1 aromatic carbocycles. The topological polar surface area (TPSA) is 27.7 Å². The van der Waals surface area contributed by atoms with Crippen LogP contribution in [0, 0.1) is 17.5 Å². The number of ether oxygens (including phenoxy) is 2. The molecule has 0 aliphatic rings. The van der Waals surface area contributed by atoms with E-state index in [9.17, 15) is 13.2 Å². The summed E-state index contributed by atoms with van der Waals surface area (Å²) in [6, 6.07) is 2.40. The summed E-state index contributed by atoms with van der Waals surface area (Å²) in [7, 11) is -0.736. The smallest absolute Gasteiger partial charge is 0.261 e. The first-order valence-electron chi connectivity index (χ1n) is 8.06. The molecule has 0 fully saturated rings. The van der Waals surface area contributed by atoms with Gasteiger partial charge in [-0.15, -0.1) is 0 Å². The Labute approximate surface area is 138 Å². The first kappa shape index (κ1) is 20.2. The fraction of sp³-hybridized carbons (Fsp3) is 0.625. The van der Waals surface area contributed by atoms with Crippen molar-refractivity contribution in [3.05, 3.63) is 35.1 Å². The van der Waals surface area contributed by atoms with Crippen LogP contribution in [0.2, 0.25) is 6.04 Å². The summed E-state index contributed by atoms with van der Waals surface area (Å²) in [6.07, 6.45) is 2.72. The normalized spacial score (nSPS) is 11.9. The van der Waals surface area contributed by atoms with E-state index in [0.717, 1.165) is 31.0 Å². The second kappa shape index (κ2) is 11.6. The Bertz CT molecular complexity index is 431. The molecule has 0 N–H and O–H groups in total. The van der Waals surface area contributed by atoms with Crippen molar-refractivity contribution >= 4 is 9.76 Å². The lowest BCUT2D eigenvalue weighted by atomic mass is 10.1. The molecule has 0 bridgehead atoms. The van der Waals surface area contributed by atoms with Gasteiger partial charge in [0.15, 0.2) is 9.76 Å². The van der Waals surface area contributed by atoms with Crippen LogP contribution in [0.4, 0.5) is 13.2 Å². The minimum Gasteiger partial charge on any atom is -0.379 e. The van der Waals surface area contributed by atoms with Crippen molar-refractivity contribution in [2.45, 2.75) is 52.1 Å². The van der Waals surface area contributed by atoms with Gasteiger partial charge < -0.3 is 13.9 Å². The molecule has 0 unspecified atom stereocenters. The van der Waals surface area contributed by atoms with Crippen LogP contribution < -0.4 is 0 Å². The maximum absolute atomic E-state index is 13.5. The minimum absolute atomic E-state index is 0.0346. The van der Waals surface area contributed by atoms with E-state index in [0.29, 0.717) is 19.6 Å². The zero-order chi connectivity index (χ0) is 17.1. The molecule has 0 heterocycles. The quantitative estimate of drug-likeness (QED) is 0.327. The molecule has 0 radical (unpaired) electrons. The Morgan fingerprint density at radius 3 is 2.13 bits per heavy atom. The van der Waals surface area contributed by atoms with E-state index in [4.69, 9.17) is 13.9 Å². The maximum Gasteiger partial charge on any atom is 0.261 e. The molecule has 1 rings (SSSR count). The average Bonchev–Trinajstić information content (AvgIpc) is 2.48. The number of rotatable bonds is 12. The second-order valence-corrected chi connectivity index (χ2v) is 6.53. The molecule has 7 heteroatoms. The molecule has 0 aliphatic carbocycles. The highest BCUT2D eigenvalue weighted by Crippen LogP contribution is 2.17. The predicted octanol–water partition coefficient (Wildman–Crippen LogP) is 3.69. The van der Waals surface area contributed by atoms with Crippen molar-refractivity contribution in [1.82, 2.24) is 0 Å². The van der Waals surface area contributed by atoms with Crippen molar-refractivity contribution in [2.24, 2.45) is 0 Å². The Hall–Kier alpha value is -0.893. The maximum atomic E-state index is 13.5. The van der Waals surface area contributed by atoms with Crippen LogP contribution in [0.25, 0.3) is 0 Å². The highest BCUT2D eigenvalue weighted by Gasteiger charge is 2.11. The van der Waals surface area contributed by atoms with E-state index in [1.165, 1.54) is 0 Å². The third-order valence-corrected chi connectivity index (χ3v) is 4.58. The Morgan fingerprint density at radius 1 is 0.957 bits per heavy atom. The van der Waals surface area contributed by atoms with Gasteiger partial charge >= 0.3 is 0 Å². The Kier molecular flexibility index (Phi) is 10.2. The van der Waals surface area contributed by atoms with Gasteiger partial charge in [-0.1, -0.05) is 12.8 Å². The van der Waals surface area contributed by atoms with Gasteiger partial charge in [0.25, 0.3) is 6.48 Å². The van der Waals surface area contributed by atoms with Crippen LogP contribution in [0.1, 0.15) is 38.7 Å². The molecule has 0 aliphatic heterocycles. The van der Waals surface area contributed by atoms with E-state index in [1.807, 2.05) is 13.8 Å². The monoisotopic (exact) mass is 350 g/mol. The number of halogens is 3. The van der Waals surface area contributed by atoms with Gasteiger partial charge in [-0.05, 0) is 32.7 Å². The molecule has 3 nitrogen and oxygen atoms in total. The first-order chi connectivity index (χ1) is 11.1. The third-order valence-electron chi connectivity index (χ3n) is 3.29. The molecule has 0 spiro atoms. The molecular weight excluding hydrogens is 325 g/mol. The van der Waals surface area contributed by atoms with Gasteiger partial charge in [0.1, 0.15) is 17.5 Å². The zero-order valence-electron chi connectivity index (χ0n) is 13.7. The number of hydrogen-bond donors (Lipinski definition) is 0. The van der Waals surface area contributed by atoms with E-state index in [2.05, 4.69) is 0 Å². The molecule has 0 saturated heterocycles. The Morgan fingerprint density at radius 2 is 1.57 bits per heavy atom. The second-order valence-electron chi connectivity index (χ2n) is 5.08. The summed E-state index contributed by atoms with van der Waals surface area (Å²) in [5, 5.41) is 0. The van der Waals surface area contributed by atoms with Crippen LogP contribution in [0.5, 0.6) is 0 Å². The number of unbranched alkanes of at least 4 members (excludes halogenated alkanes) is 2. The molecule has 0 aromatic heterocycles. The molecule has 23 heavy (non-hydrogen) atoms. The van der Waals surface area contributed by atoms with Crippen molar-refractivity contribution < 1.29 is 27.1 Å². The summed E-state index contributed by atoms with van der Waals surface area (Å²) < 4.78 is 55.8. The van der Waals surface area contributed by atoms with E-state index < -0.39 is 33.7 Å². The molecule has 132 valence electrons. The highest BCUT2D eigenvalue weighted by molar-refractivity contribution is 6.27. The van der Waals surface area contributed by atoms with Crippen LogP contribution in [-0.2, 0) is 20.3 Å². The summed E-state index contributed by atoms with van der Waals surface area (Å²) >= 11 is 0. The lowest BCUT2D eigenvalue weighted by Crippen LogP contribution is -2.22. The third kappa shape index (κ3) is 7.96. The van der Waals surface area contributed by atoms with Crippen LogP contribution in [-0.4, -0.2) is 29.5 Å². The fourth-order valence-corrected chi connectivity index (χ4v) is 3.27. The Balaban J connectivity index is 2.16. The predicted molar refractivity (Wildman–Crippen MR) is 85.3 cm³/mol. The number of hydrogen-bond acceptors (Lipinski definition) is 3. The molecule has 0 saturated carbocycles. The first-order valence-corrected chi connectivity index (χ1v) is 9.64. The van der Waals surface area contributed by atoms with Gasteiger partial charge in [-0.3, -0.25) is 0 Å². The number of benzene rings is 1. The largest absolute Gasteiger partial charge is 0.379 e. The minimum atomic E-state index is -0.884. The van der Waals surface area contributed by atoms with E-state index in [-0.39, 0.29) is 12.0 Å².